The molecule has 212 valence electrons. The number of nitrogens with two attached hydrogens (primary N) is 1. The predicted molar refractivity (Wildman–Crippen MR) is 159 cm³/mol. The first-order chi connectivity index (χ1) is 19.9. The van der Waals surface area contributed by atoms with Crippen LogP contribution in [0.15, 0.2) is 64.2 Å². The van der Waals surface area contributed by atoms with Crippen LogP contribution in [0.4, 0.5) is 11.5 Å². The maximum Gasteiger partial charge on any atom is 0.285 e. The summed E-state index contributed by atoms with van der Waals surface area (Å²) < 4.78 is 30.8. The first kappa shape index (κ1) is 26.1. The van der Waals surface area contributed by atoms with Gasteiger partial charge in [-0.05, 0) is 57.0 Å². The third kappa shape index (κ3) is 4.75. The van der Waals surface area contributed by atoms with Gasteiger partial charge in [0.05, 0.1) is 11.4 Å². The van der Waals surface area contributed by atoms with Crippen molar-refractivity contribution in [3.05, 3.63) is 60.4 Å². The molecule has 1 saturated carbocycles. The van der Waals surface area contributed by atoms with Crippen molar-refractivity contribution in [1.82, 2.24) is 29.5 Å². The number of piperazine rings is 1. The first-order valence-corrected chi connectivity index (χ1v) is 15.5. The van der Waals surface area contributed by atoms with Crippen LogP contribution in [-0.2, 0) is 10.0 Å². The van der Waals surface area contributed by atoms with Crippen LogP contribution in [0.3, 0.4) is 0 Å². The lowest BCUT2D eigenvalue weighted by molar-refractivity contribution is 0.0815. The number of aromatic nitrogens is 4. The molecule has 4 aromatic rings. The number of rotatable bonds is 4. The molecule has 3 N–H and O–H groups in total. The van der Waals surface area contributed by atoms with E-state index in [4.69, 9.17) is 10.8 Å². The summed E-state index contributed by atoms with van der Waals surface area (Å²) >= 11 is 0. The minimum absolute atomic E-state index is 0.212. The van der Waals surface area contributed by atoms with E-state index in [9.17, 15) is 8.42 Å². The Morgan fingerprint density at radius 3 is 2.37 bits per heavy atom. The maximum atomic E-state index is 12.4. The molecular formula is C29H33N9O2S. The Balaban J connectivity index is 1.13. The van der Waals surface area contributed by atoms with Crippen LogP contribution in [0, 0.1) is 0 Å². The van der Waals surface area contributed by atoms with Gasteiger partial charge in [-0.15, -0.1) is 4.40 Å². The molecule has 0 spiro atoms. The molecule has 2 fully saturated rings. The number of benzene rings is 2. The lowest BCUT2D eigenvalue weighted by Gasteiger charge is -2.41. The summed E-state index contributed by atoms with van der Waals surface area (Å²) in [5.41, 5.74) is 10.1. The predicted octanol–water partition coefficient (Wildman–Crippen LogP) is 3.37. The van der Waals surface area contributed by atoms with E-state index in [1.165, 1.54) is 6.33 Å². The number of amidine groups is 1. The molecular weight excluding hydrogens is 538 g/mol. The smallest absolute Gasteiger partial charge is 0.285 e. The minimum Gasteiger partial charge on any atom is -0.383 e. The highest BCUT2D eigenvalue weighted by Gasteiger charge is 2.31. The average molecular weight is 572 g/mol. The lowest BCUT2D eigenvalue weighted by Crippen LogP contribution is -2.49. The molecule has 0 amide bonds. The minimum atomic E-state index is -3.70. The number of nitrogen functional groups attached to an aromatic ring is 1. The second kappa shape index (κ2) is 10.2. The van der Waals surface area contributed by atoms with E-state index < -0.39 is 10.0 Å². The van der Waals surface area contributed by atoms with Gasteiger partial charge in [-0.2, -0.15) is 13.5 Å². The largest absolute Gasteiger partial charge is 0.383 e. The van der Waals surface area contributed by atoms with Gasteiger partial charge >= 0.3 is 0 Å². The third-order valence-electron chi connectivity index (χ3n) is 8.64. The molecule has 2 aliphatic heterocycles. The molecule has 2 aromatic carbocycles. The Kier molecular flexibility index (Phi) is 6.48. The van der Waals surface area contributed by atoms with E-state index in [0.717, 1.165) is 79.8 Å². The molecule has 2 aromatic heterocycles. The van der Waals surface area contributed by atoms with Crippen LogP contribution in [0.2, 0.25) is 0 Å². The van der Waals surface area contributed by atoms with E-state index in [-0.39, 0.29) is 10.9 Å². The van der Waals surface area contributed by atoms with Crippen LogP contribution in [0.25, 0.3) is 22.3 Å². The van der Waals surface area contributed by atoms with Crippen molar-refractivity contribution in [2.75, 3.05) is 44.3 Å². The number of likely N-dealkylation sites (N-methyl/N-ethyl adjacent to an activating group) is 1. The van der Waals surface area contributed by atoms with Crippen molar-refractivity contribution in [2.24, 2.45) is 4.40 Å². The average Bonchev–Trinajstić information content (AvgIpc) is 3.50. The molecule has 0 unspecified atom stereocenters. The summed E-state index contributed by atoms with van der Waals surface area (Å²) in [5, 5.41) is 8.98. The summed E-state index contributed by atoms with van der Waals surface area (Å²) in [7, 11) is -1.50. The normalized spacial score (nSPS) is 22.9. The lowest BCUT2D eigenvalue weighted by atomic mass is 9.90. The van der Waals surface area contributed by atoms with Crippen LogP contribution < -0.4 is 11.1 Å². The molecule has 11 nitrogen and oxygen atoms in total. The Hall–Kier alpha value is -3.87. The van der Waals surface area contributed by atoms with Gasteiger partial charge in [0.1, 0.15) is 22.7 Å². The van der Waals surface area contributed by atoms with E-state index in [0.29, 0.717) is 23.3 Å². The molecule has 3 aliphatic rings. The maximum absolute atomic E-state index is 12.4. The Labute approximate surface area is 239 Å². The molecule has 0 bridgehead atoms. The number of hydrogen-bond donors (Lipinski definition) is 2. The molecule has 7 rings (SSSR count). The van der Waals surface area contributed by atoms with Crippen LogP contribution in [0.5, 0.6) is 0 Å². The molecule has 1 saturated heterocycles. The summed E-state index contributed by atoms with van der Waals surface area (Å²) in [6.07, 6.45) is 5.90. The van der Waals surface area contributed by atoms with E-state index in [1.807, 2.05) is 24.3 Å². The highest BCUT2D eigenvalue weighted by molar-refractivity contribution is 7.90. The summed E-state index contributed by atoms with van der Waals surface area (Å²) in [5.74, 6) is 0.722. The Morgan fingerprint density at radius 2 is 1.61 bits per heavy atom. The van der Waals surface area contributed by atoms with Gasteiger partial charge in [-0.1, -0.05) is 24.3 Å². The summed E-state index contributed by atoms with van der Waals surface area (Å²) in [4.78, 5) is 14.2. The van der Waals surface area contributed by atoms with Crippen molar-refractivity contribution >= 4 is 38.4 Å². The number of nitrogens with zero attached hydrogens (tertiary/aromatic N) is 7. The van der Waals surface area contributed by atoms with Crippen LogP contribution in [0.1, 0.15) is 37.3 Å². The molecule has 41 heavy (non-hydrogen) atoms. The van der Waals surface area contributed by atoms with Gasteiger partial charge in [0.15, 0.2) is 11.5 Å². The van der Waals surface area contributed by atoms with Gasteiger partial charge in [0.25, 0.3) is 10.0 Å². The fourth-order valence-electron chi connectivity index (χ4n) is 6.35. The number of anilines is 2. The van der Waals surface area contributed by atoms with E-state index in [2.05, 4.69) is 41.2 Å². The van der Waals surface area contributed by atoms with Gasteiger partial charge in [-0.25, -0.2) is 14.6 Å². The highest BCUT2D eigenvalue weighted by Crippen LogP contribution is 2.37. The van der Waals surface area contributed by atoms with Crippen molar-refractivity contribution in [1.29, 1.82) is 0 Å². The summed E-state index contributed by atoms with van der Waals surface area (Å²) in [6, 6.07) is 15.4. The first-order valence-electron chi connectivity index (χ1n) is 14.1. The number of sulfonamides is 1. The van der Waals surface area contributed by atoms with Crippen LogP contribution in [-0.4, -0.2) is 83.1 Å². The van der Waals surface area contributed by atoms with Gasteiger partial charge in [-0.3, -0.25) is 4.90 Å². The molecule has 12 heteroatoms. The van der Waals surface area contributed by atoms with Crippen molar-refractivity contribution in [3.63, 3.8) is 0 Å². The molecule has 0 atom stereocenters. The number of fused-ring (bicyclic) bond motifs is 2. The Bertz CT molecular complexity index is 1730. The zero-order chi connectivity index (χ0) is 28.1. The van der Waals surface area contributed by atoms with Crippen molar-refractivity contribution in [3.8, 4) is 11.3 Å². The molecule has 4 heterocycles. The molecule has 0 radical (unpaired) electrons. The topological polar surface area (TPSA) is 135 Å². The van der Waals surface area contributed by atoms with Gasteiger partial charge in [0, 0.05) is 49.0 Å². The third-order valence-corrected chi connectivity index (χ3v) is 9.97. The Morgan fingerprint density at radius 1 is 0.902 bits per heavy atom. The molecule has 1 aliphatic carbocycles. The fourth-order valence-corrected chi connectivity index (χ4v) is 7.53. The van der Waals surface area contributed by atoms with Crippen LogP contribution >= 0.6 is 0 Å². The van der Waals surface area contributed by atoms with Gasteiger partial charge in [0.2, 0.25) is 0 Å². The summed E-state index contributed by atoms with van der Waals surface area (Å²) in [6.45, 7) is 4.56. The zero-order valence-electron chi connectivity index (χ0n) is 22.9. The fraction of sp³-hybridized carbons (Fsp3) is 0.379. The van der Waals surface area contributed by atoms with E-state index >= 15 is 0 Å². The van der Waals surface area contributed by atoms with Gasteiger partial charge < -0.3 is 16.0 Å². The zero-order valence-corrected chi connectivity index (χ0v) is 23.8. The second-order valence-electron chi connectivity index (χ2n) is 11.2. The van der Waals surface area contributed by atoms with E-state index in [1.54, 1.807) is 24.3 Å². The van der Waals surface area contributed by atoms with Crippen molar-refractivity contribution in [2.45, 2.75) is 42.7 Å². The second-order valence-corrected chi connectivity index (χ2v) is 12.7. The number of nitrogens with one attached hydrogen (secondary N) is 1. The van der Waals surface area contributed by atoms with Crippen molar-refractivity contribution < 1.29 is 8.42 Å². The highest BCUT2D eigenvalue weighted by atomic mass is 32.2. The monoisotopic (exact) mass is 571 g/mol. The SMILES string of the molecule is CN1CCN([C@H]2CC[C@@H](n3nc(-c4ccc(NC5=NS(=O)(=O)c6ccccc65)cc4)c4c(N)ncnc43)CC2)CC1. The standard InChI is InChI=1S/C29H33N9O2S/c1-36-14-16-37(17-15-36)21-10-12-22(13-11-21)38-29-25(27(30)31-18-32-29)26(34-38)19-6-8-20(9-7-19)33-28-23-4-2-3-5-24(23)41(39,40)35-28/h2-9,18,21-22H,10-17H2,1H3,(H,33,35)(H2,30,31,32)/t21-,22+. The number of hydrogen-bond acceptors (Lipinski definition) is 9. The quantitative estimate of drug-likeness (QED) is 0.378.